The Labute approximate surface area is 190 Å². The first-order valence-electron chi connectivity index (χ1n) is 10.2. The van der Waals surface area contributed by atoms with E-state index in [1.807, 2.05) is 0 Å². The molecular formula is C20H31N7O6. The van der Waals surface area contributed by atoms with Crippen molar-refractivity contribution in [2.75, 3.05) is 13.1 Å². The number of guanidine groups is 1. The molecule has 0 aliphatic rings. The van der Waals surface area contributed by atoms with Crippen molar-refractivity contribution in [3.63, 3.8) is 0 Å². The molecule has 0 aromatic heterocycles. The van der Waals surface area contributed by atoms with Crippen LogP contribution in [0.5, 0.6) is 5.75 Å². The minimum atomic E-state index is -1.23. The van der Waals surface area contributed by atoms with Crippen molar-refractivity contribution in [1.29, 1.82) is 0 Å². The van der Waals surface area contributed by atoms with E-state index < -0.39 is 48.4 Å². The number of amides is 3. The molecule has 182 valence electrons. The normalized spacial score (nSPS) is 13.2. The largest absolute Gasteiger partial charge is 0.508 e. The monoisotopic (exact) mass is 465 g/mol. The predicted molar refractivity (Wildman–Crippen MR) is 120 cm³/mol. The SMILES string of the molecule is CC(NC(=O)C(N)Cc1ccc(O)cc1)C(=O)NCC(=O)NC(CCCN=C(N)N)C(=O)O. The minimum absolute atomic E-state index is 0.0896. The molecule has 1 aromatic carbocycles. The number of hydrogen-bond acceptors (Lipinski definition) is 7. The number of carbonyl (C=O) groups excluding carboxylic acids is 3. The van der Waals surface area contributed by atoms with Crippen LogP contribution in [0.1, 0.15) is 25.3 Å². The maximum Gasteiger partial charge on any atom is 0.326 e. The van der Waals surface area contributed by atoms with Crippen molar-refractivity contribution in [2.45, 2.75) is 44.3 Å². The molecule has 3 atom stereocenters. The van der Waals surface area contributed by atoms with E-state index in [2.05, 4.69) is 20.9 Å². The molecule has 13 nitrogen and oxygen atoms in total. The summed E-state index contributed by atoms with van der Waals surface area (Å²) in [5.41, 5.74) is 17.0. The number of carbonyl (C=O) groups is 4. The van der Waals surface area contributed by atoms with Gasteiger partial charge >= 0.3 is 5.97 Å². The van der Waals surface area contributed by atoms with Gasteiger partial charge in [0, 0.05) is 6.54 Å². The fraction of sp³-hybridized carbons (Fsp3) is 0.450. The van der Waals surface area contributed by atoms with E-state index in [1.54, 1.807) is 12.1 Å². The number of carboxylic acids is 1. The van der Waals surface area contributed by atoms with E-state index in [0.717, 1.165) is 5.56 Å². The third-order valence-corrected chi connectivity index (χ3v) is 4.48. The molecule has 33 heavy (non-hydrogen) atoms. The number of nitrogens with two attached hydrogens (primary N) is 3. The lowest BCUT2D eigenvalue weighted by molar-refractivity contribution is -0.142. The van der Waals surface area contributed by atoms with Crippen molar-refractivity contribution >= 4 is 29.7 Å². The zero-order valence-electron chi connectivity index (χ0n) is 18.3. The minimum Gasteiger partial charge on any atom is -0.508 e. The van der Waals surface area contributed by atoms with Gasteiger partial charge in [-0.3, -0.25) is 19.4 Å². The van der Waals surface area contributed by atoms with Gasteiger partial charge in [-0.25, -0.2) is 4.79 Å². The first-order valence-corrected chi connectivity index (χ1v) is 10.2. The van der Waals surface area contributed by atoms with Gasteiger partial charge in [0.15, 0.2) is 5.96 Å². The molecule has 3 unspecified atom stereocenters. The number of phenolic OH excluding ortho intramolecular Hbond substituents is 1. The highest BCUT2D eigenvalue weighted by atomic mass is 16.4. The van der Waals surface area contributed by atoms with E-state index in [1.165, 1.54) is 19.1 Å². The number of aliphatic imine (C=N–C) groups is 1. The Balaban J connectivity index is 2.43. The summed E-state index contributed by atoms with van der Waals surface area (Å²) < 4.78 is 0. The van der Waals surface area contributed by atoms with E-state index in [9.17, 15) is 29.4 Å². The summed E-state index contributed by atoms with van der Waals surface area (Å²) in [4.78, 5) is 51.4. The molecule has 0 saturated heterocycles. The van der Waals surface area contributed by atoms with E-state index in [0.29, 0.717) is 6.42 Å². The van der Waals surface area contributed by atoms with Crippen LogP contribution in [-0.2, 0) is 25.6 Å². The van der Waals surface area contributed by atoms with E-state index in [-0.39, 0.29) is 31.1 Å². The molecule has 1 aromatic rings. The predicted octanol–water partition coefficient (Wildman–Crippen LogP) is -2.49. The van der Waals surface area contributed by atoms with Gasteiger partial charge in [0.25, 0.3) is 0 Å². The van der Waals surface area contributed by atoms with Gasteiger partial charge in [-0.1, -0.05) is 12.1 Å². The van der Waals surface area contributed by atoms with Gasteiger partial charge in [0.05, 0.1) is 12.6 Å². The fourth-order valence-electron chi connectivity index (χ4n) is 2.69. The third-order valence-electron chi connectivity index (χ3n) is 4.48. The molecular weight excluding hydrogens is 434 g/mol. The molecule has 0 aliphatic carbocycles. The Bertz CT molecular complexity index is 855. The molecule has 0 fully saturated rings. The van der Waals surface area contributed by atoms with Crippen molar-refractivity contribution in [3.8, 4) is 5.75 Å². The van der Waals surface area contributed by atoms with Gasteiger partial charge in [-0.15, -0.1) is 0 Å². The van der Waals surface area contributed by atoms with Gasteiger partial charge in [-0.2, -0.15) is 0 Å². The molecule has 11 N–H and O–H groups in total. The molecule has 0 spiro atoms. The van der Waals surface area contributed by atoms with E-state index in [4.69, 9.17) is 17.2 Å². The fourth-order valence-corrected chi connectivity index (χ4v) is 2.69. The molecule has 0 saturated carbocycles. The average Bonchev–Trinajstić information content (AvgIpc) is 2.75. The third kappa shape index (κ3) is 10.8. The second-order valence-corrected chi connectivity index (χ2v) is 7.33. The van der Waals surface area contributed by atoms with Crippen LogP contribution in [0.3, 0.4) is 0 Å². The Morgan fingerprint density at radius 3 is 2.27 bits per heavy atom. The topological polar surface area (TPSA) is 235 Å². The number of nitrogens with zero attached hydrogens (tertiary/aromatic N) is 1. The van der Waals surface area contributed by atoms with Crippen LogP contribution in [0.25, 0.3) is 0 Å². The van der Waals surface area contributed by atoms with Gasteiger partial charge in [0.2, 0.25) is 17.7 Å². The summed E-state index contributed by atoms with van der Waals surface area (Å²) in [6, 6.07) is 3.12. The lowest BCUT2D eigenvalue weighted by Gasteiger charge is -2.18. The number of benzene rings is 1. The number of phenols is 1. The first kappa shape index (κ1) is 27.2. The summed E-state index contributed by atoms with van der Waals surface area (Å²) in [6.45, 7) is 1.16. The van der Waals surface area contributed by atoms with Crippen LogP contribution in [0.4, 0.5) is 0 Å². The molecule has 0 bridgehead atoms. The van der Waals surface area contributed by atoms with Crippen LogP contribution < -0.4 is 33.2 Å². The first-order chi connectivity index (χ1) is 15.5. The number of hydrogen-bond donors (Lipinski definition) is 8. The Morgan fingerprint density at radius 1 is 1.06 bits per heavy atom. The molecule has 1 rings (SSSR count). The maximum absolute atomic E-state index is 12.2. The number of aromatic hydroxyl groups is 1. The number of aliphatic carboxylic acids is 1. The van der Waals surface area contributed by atoms with Crippen molar-refractivity contribution in [2.24, 2.45) is 22.2 Å². The molecule has 0 heterocycles. The summed E-state index contributed by atoms with van der Waals surface area (Å²) in [6.07, 6.45) is 0.620. The lowest BCUT2D eigenvalue weighted by Crippen LogP contribution is -2.52. The van der Waals surface area contributed by atoms with Crippen LogP contribution in [-0.4, -0.2) is 71.1 Å². The van der Waals surface area contributed by atoms with Crippen LogP contribution in [0.15, 0.2) is 29.3 Å². The van der Waals surface area contributed by atoms with Crippen molar-refractivity contribution in [1.82, 2.24) is 16.0 Å². The van der Waals surface area contributed by atoms with Gasteiger partial charge in [-0.05, 0) is 43.9 Å². The highest BCUT2D eigenvalue weighted by Crippen LogP contribution is 2.11. The highest BCUT2D eigenvalue weighted by Gasteiger charge is 2.22. The lowest BCUT2D eigenvalue weighted by atomic mass is 10.1. The Morgan fingerprint density at radius 2 is 1.70 bits per heavy atom. The average molecular weight is 466 g/mol. The molecule has 3 amide bonds. The van der Waals surface area contributed by atoms with Crippen LogP contribution in [0.2, 0.25) is 0 Å². The maximum atomic E-state index is 12.2. The van der Waals surface area contributed by atoms with Crippen molar-refractivity contribution in [3.05, 3.63) is 29.8 Å². The van der Waals surface area contributed by atoms with E-state index >= 15 is 0 Å². The second kappa shape index (κ2) is 13.5. The summed E-state index contributed by atoms with van der Waals surface area (Å²) >= 11 is 0. The van der Waals surface area contributed by atoms with Crippen LogP contribution >= 0.6 is 0 Å². The summed E-state index contributed by atoms with van der Waals surface area (Å²) in [5.74, 6) is -3.18. The summed E-state index contributed by atoms with van der Waals surface area (Å²) in [7, 11) is 0. The summed E-state index contributed by atoms with van der Waals surface area (Å²) in [5, 5.41) is 25.6. The Hall–Kier alpha value is -3.87. The zero-order chi connectivity index (χ0) is 25.0. The van der Waals surface area contributed by atoms with Crippen molar-refractivity contribution < 1.29 is 29.4 Å². The second-order valence-electron chi connectivity index (χ2n) is 7.33. The number of rotatable bonds is 13. The Kier molecular flexibility index (Phi) is 11.1. The highest BCUT2D eigenvalue weighted by molar-refractivity contribution is 5.92. The van der Waals surface area contributed by atoms with Gasteiger partial charge in [0.1, 0.15) is 17.8 Å². The number of nitrogens with one attached hydrogen (secondary N) is 3. The molecule has 0 radical (unpaired) electrons. The van der Waals surface area contributed by atoms with Crippen LogP contribution in [0, 0.1) is 0 Å². The number of carboxylic acid groups (broad SMARTS) is 1. The quantitative estimate of drug-likeness (QED) is 0.0872. The van der Waals surface area contributed by atoms with Gasteiger partial charge < -0.3 is 43.4 Å². The standard InChI is InChI=1S/C20H31N7O6/c1-11(26-18(31)14(21)9-12-4-6-13(28)7-5-12)17(30)25-10-16(29)27-15(19(32)33)3-2-8-24-20(22)23/h4-7,11,14-15,28H,2-3,8-10,21H2,1H3,(H,25,30)(H,26,31)(H,27,29)(H,32,33)(H4,22,23,24). The smallest absolute Gasteiger partial charge is 0.326 e. The molecule has 13 heteroatoms. The molecule has 0 aliphatic heterocycles. The zero-order valence-corrected chi connectivity index (χ0v) is 18.3.